The van der Waals surface area contributed by atoms with Crippen LogP contribution in [0.15, 0.2) is 133 Å². The van der Waals surface area contributed by atoms with Gasteiger partial charge in [-0.05, 0) is 87.5 Å². The molecule has 0 saturated heterocycles. The van der Waals surface area contributed by atoms with Gasteiger partial charge in [0.25, 0.3) is 5.91 Å². The highest BCUT2D eigenvalue weighted by Gasteiger charge is 2.41. The molecule has 0 spiro atoms. The van der Waals surface area contributed by atoms with Crippen molar-refractivity contribution in [2.24, 2.45) is 5.41 Å². The van der Waals surface area contributed by atoms with Crippen molar-refractivity contribution in [3.8, 4) is 11.5 Å². The zero-order valence-electron chi connectivity index (χ0n) is 27.5. The average Bonchev–Trinajstić information content (AvgIpc) is 3.38. The van der Waals surface area contributed by atoms with E-state index in [0.717, 1.165) is 5.06 Å². The fourth-order valence-electron chi connectivity index (χ4n) is 4.94. The van der Waals surface area contributed by atoms with E-state index < -0.39 is 29.3 Å². The number of ether oxygens (including phenoxy) is 2. The summed E-state index contributed by atoms with van der Waals surface area (Å²) in [6, 6.07) is 37.4. The second-order valence-corrected chi connectivity index (χ2v) is 12.3. The number of hydroxylamine groups is 1. The van der Waals surface area contributed by atoms with Crippen LogP contribution in [-0.2, 0) is 19.2 Å². The van der Waals surface area contributed by atoms with Crippen molar-refractivity contribution in [1.82, 2.24) is 0 Å². The third-order valence-electron chi connectivity index (χ3n) is 7.49. The summed E-state index contributed by atoms with van der Waals surface area (Å²) < 4.78 is 11.7. The van der Waals surface area contributed by atoms with Crippen LogP contribution in [0.3, 0.4) is 0 Å². The van der Waals surface area contributed by atoms with Crippen LogP contribution in [0.5, 0.6) is 11.5 Å². The zero-order valence-corrected chi connectivity index (χ0v) is 27.5. The summed E-state index contributed by atoms with van der Waals surface area (Å²) in [4.78, 5) is 59.2. The molecule has 5 aromatic rings. The highest BCUT2D eigenvalue weighted by Crippen LogP contribution is 2.43. The Morgan fingerprint density at radius 3 is 1.80 bits per heavy atom. The molecule has 1 heterocycles. The van der Waals surface area contributed by atoms with Gasteiger partial charge in [0.05, 0.1) is 22.2 Å². The first-order valence-electron chi connectivity index (χ1n) is 15.8. The van der Waals surface area contributed by atoms with Gasteiger partial charge in [0, 0.05) is 22.5 Å². The summed E-state index contributed by atoms with van der Waals surface area (Å²) in [6.45, 7) is 4.98. The Labute approximate surface area is 288 Å². The lowest BCUT2D eigenvalue weighted by molar-refractivity contribution is -0.157. The Bertz CT molecular complexity index is 2070. The number of hydrogen-bond acceptors (Lipinski definition) is 7. The van der Waals surface area contributed by atoms with Crippen molar-refractivity contribution in [3.05, 3.63) is 150 Å². The molecular formula is C40H33N3O7. The number of esters is 1. The Balaban J connectivity index is 1.31. The summed E-state index contributed by atoms with van der Waals surface area (Å²) in [6.07, 6.45) is 0. The fraction of sp³-hybridized carbons (Fsp3) is 0.100. The molecule has 1 aliphatic heterocycles. The van der Waals surface area contributed by atoms with Gasteiger partial charge in [-0.15, -0.1) is 5.06 Å². The predicted octanol–water partition coefficient (Wildman–Crippen LogP) is 8.70. The van der Waals surface area contributed by atoms with E-state index in [1.54, 1.807) is 118 Å². The lowest BCUT2D eigenvalue weighted by Crippen LogP contribution is -2.35. The molecule has 0 aliphatic carbocycles. The van der Waals surface area contributed by atoms with Crippen molar-refractivity contribution in [2.75, 3.05) is 15.7 Å². The summed E-state index contributed by atoms with van der Waals surface area (Å²) in [5.74, 6) is -0.799. The monoisotopic (exact) mass is 667 g/mol. The second kappa shape index (κ2) is 14.2. The highest BCUT2D eigenvalue weighted by atomic mass is 16.7. The number of benzene rings is 5. The van der Waals surface area contributed by atoms with Gasteiger partial charge >= 0.3 is 18.0 Å². The van der Waals surface area contributed by atoms with Crippen LogP contribution in [0.1, 0.15) is 42.3 Å². The SMILES string of the molecule is CC(C)(C)C(=O)ON1C(=O)/C(=C(\OC(=O)c2ccccc2)c2ccccc2)c2ccc(NC(=O)Nc3ccc(Oc4ccccc4)cc3)cc21. The fourth-order valence-corrected chi connectivity index (χ4v) is 4.94. The largest absolute Gasteiger partial charge is 0.457 e. The number of nitrogens with one attached hydrogen (secondary N) is 2. The van der Waals surface area contributed by atoms with Crippen LogP contribution in [0.2, 0.25) is 0 Å². The van der Waals surface area contributed by atoms with Gasteiger partial charge in [-0.2, -0.15) is 0 Å². The number of fused-ring (bicyclic) bond motifs is 1. The van der Waals surface area contributed by atoms with Gasteiger partial charge in [-0.1, -0.05) is 66.7 Å². The molecule has 1 aliphatic rings. The molecule has 3 amide bonds. The molecule has 0 saturated carbocycles. The van der Waals surface area contributed by atoms with Crippen LogP contribution in [0.4, 0.5) is 21.9 Å². The van der Waals surface area contributed by atoms with Crippen LogP contribution < -0.4 is 20.4 Å². The van der Waals surface area contributed by atoms with E-state index in [-0.39, 0.29) is 22.6 Å². The van der Waals surface area contributed by atoms with E-state index in [1.807, 2.05) is 30.3 Å². The predicted molar refractivity (Wildman–Crippen MR) is 190 cm³/mol. The van der Waals surface area contributed by atoms with Gasteiger partial charge in [-0.25, -0.2) is 14.4 Å². The Kier molecular flexibility index (Phi) is 9.44. The number of nitrogens with zero attached hydrogens (tertiary/aromatic N) is 1. The molecule has 50 heavy (non-hydrogen) atoms. The Hall–Kier alpha value is -6.68. The summed E-state index contributed by atoms with van der Waals surface area (Å²) >= 11 is 0. The van der Waals surface area contributed by atoms with E-state index in [0.29, 0.717) is 34.0 Å². The Morgan fingerprint density at radius 2 is 1.18 bits per heavy atom. The van der Waals surface area contributed by atoms with Crippen LogP contribution >= 0.6 is 0 Å². The second-order valence-electron chi connectivity index (χ2n) is 12.3. The normalized spacial score (nSPS) is 13.2. The van der Waals surface area contributed by atoms with Crippen molar-refractivity contribution in [1.29, 1.82) is 0 Å². The van der Waals surface area contributed by atoms with Crippen molar-refractivity contribution in [2.45, 2.75) is 20.8 Å². The maximum Gasteiger partial charge on any atom is 0.343 e. The number of anilines is 3. The molecule has 10 nitrogen and oxygen atoms in total. The number of hydrogen-bond donors (Lipinski definition) is 2. The summed E-state index contributed by atoms with van der Waals surface area (Å²) in [5.41, 5.74) is 1.11. The molecule has 250 valence electrons. The minimum Gasteiger partial charge on any atom is -0.457 e. The van der Waals surface area contributed by atoms with Crippen LogP contribution in [-0.4, -0.2) is 23.9 Å². The van der Waals surface area contributed by atoms with Crippen molar-refractivity contribution in [3.63, 3.8) is 0 Å². The van der Waals surface area contributed by atoms with E-state index in [2.05, 4.69) is 10.6 Å². The number of carbonyl (C=O) groups is 4. The topological polar surface area (TPSA) is 123 Å². The third kappa shape index (κ3) is 7.55. The molecule has 0 bridgehead atoms. The first-order valence-corrected chi connectivity index (χ1v) is 15.8. The highest BCUT2D eigenvalue weighted by molar-refractivity contribution is 6.37. The maximum atomic E-state index is 14.2. The minimum atomic E-state index is -0.952. The minimum absolute atomic E-state index is 0.00556. The molecule has 0 aromatic heterocycles. The number of para-hydroxylation sites is 1. The first-order chi connectivity index (χ1) is 24.1. The molecule has 0 atom stereocenters. The molecule has 2 N–H and O–H groups in total. The first kappa shape index (κ1) is 33.2. The van der Waals surface area contributed by atoms with Gasteiger partial charge < -0.3 is 24.9 Å². The molecule has 10 heteroatoms. The molecule has 0 radical (unpaired) electrons. The zero-order chi connectivity index (χ0) is 35.3. The standard InChI is InChI=1S/C40H33N3O7/c1-40(2,3)38(46)50-43-33-25-29(42-39(47)41-28-19-22-31(23-20-28)48-30-17-11-6-12-18-30)21-24-32(33)34(36(43)44)35(26-13-7-4-8-14-26)49-37(45)27-15-9-5-10-16-27/h4-25H,1-3H3,(H2,41,42,47)/b35-34-. The molecule has 0 fully saturated rings. The molecule has 6 rings (SSSR count). The number of urea groups is 1. The van der Waals surface area contributed by atoms with Gasteiger partial charge in [0.2, 0.25) is 0 Å². The lowest BCUT2D eigenvalue weighted by atomic mass is 9.98. The molecular weight excluding hydrogens is 634 g/mol. The maximum absolute atomic E-state index is 14.2. The van der Waals surface area contributed by atoms with E-state index >= 15 is 0 Å². The quantitative estimate of drug-likeness (QED) is 0.0964. The lowest BCUT2D eigenvalue weighted by Gasteiger charge is -2.22. The van der Waals surface area contributed by atoms with E-state index in [9.17, 15) is 19.2 Å². The van der Waals surface area contributed by atoms with Crippen molar-refractivity contribution < 1.29 is 33.5 Å². The van der Waals surface area contributed by atoms with E-state index in [1.165, 1.54) is 6.07 Å². The Morgan fingerprint density at radius 1 is 0.640 bits per heavy atom. The molecule has 0 unspecified atom stereocenters. The van der Waals surface area contributed by atoms with Gasteiger partial charge in [0.1, 0.15) is 11.5 Å². The van der Waals surface area contributed by atoms with Gasteiger partial charge in [-0.3, -0.25) is 4.79 Å². The third-order valence-corrected chi connectivity index (χ3v) is 7.49. The number of amides is 3. The number of carbonyl (C=O) groups excluding carboxylic acids is 4. The van der Waals surface area contributed by atoms with E-state index in [4.69, 9.17) is 14.3 Å². The summed E-state index contributed by atoms with van der Waals surface area (Å²) in [7, 11) is 0. The van der Waals surface area contributed by atoms with Crippen LogP contribution in [0.25, 0.3) is 11.3 Å². The van der Waals surface area contributed by atoms with Gasteiger partial charge in [0.15, 0.2) is 5.76 Å². The summed E-state index contributed by atoms with van der Waals surface area (Å²) in [5, 5.41) is 6.40. The molecule has 5 aromatic carbocycles. The number of rotatable bonds is 8. The van der Waals surface area contributed by atoms with Crippen molar-refractivity contribution >= 4 is 52.3 Å². The average molecular weight is 668 g/mol. The van der Waals surface area contributed by atoms with Crippen LogP contribution in [0, 0.1) is 5.41 Å². The smallest absolute Gasteiger partial charge is 0.343 e.